The van der Waals surface area contributed by atoms with Crippen LogP contribution in [0.25, 0.3) is 0 Å². The van der Waals surface area contributed by atoms with E-state index in [2.05, 4.69) is 15.4 Å². The highest BCUT2D eigenvalue weighted by molar-refractivity contribution is 6.53. The van der Waals surface area contributed by atoms with Gasteiger partial charge in [-0.2, -0.15) is 0 Å². The fourth-order valence-corrected chi connectivity index (χ4v) is 3.79. The first kappa shape index (κ1) is 25.3. The Balaban J connectivity index is 1.46. The summed E-state index contributed by atoms with van der Waals surface area (Å²) in [6, 6.07) is 18.5. The zero-order valence-electron chi connectivity index (χ0n) is 19.7. The number of hydrogen-bond acceptors (Lipinski definition) is 7. The number of ether oxygens (including phenoxy) is 1. The van der Waals surface area contributed by atoms with Crippen LogP contribution in [0.5, 0.6) is 0 Å². The number of halogens is 1. The average Bonchev–Trinajstić information content (AvgIpc) is 3.11. The van der Waals surface area contributed by atoms with Crippen LogP contribution in [0.2, 0.25) is 0 Å². The molecule has 0 fully saturated rings. The van der Waals surface area contributed by atoms with Gasteiger partial charge in [0.2, 0.25) is 0 Å². The summed E-state index contributed by atoms with van der Waals surface area (Å²) in [6.45, 7) is 1.44. The highest BCUT2D eigenvalue weighted by atomic mass is 35.5. The van der Waals surface area contributed by atoms with Crippen molar-refractivity contribution in [1.82, 2.24) is 0 Å². The summed E-state index contributed by atoms with van der Waals surface area (Å²) in [6.07, 6.45) is 0. The van der Waals surface area contributed by atoms with Crippen LogP contribution < -0.4 is 15.5 Å². The number of rotatable bonds is 7. The fraction of sp³-hybridized carbons (Fsp3) is 0.0741. The van der Waals surface area contributed by atoms with E-state index in [9.17, 15) is 24.0 Å². The first-order valence-corrected chi connectivity index (χ1v) is 11.3. The molecule has 0 saturated carbocycles. The van der Waals surface area contributed by atoms with Gasteiger partial charge in [-0.25, -0.2) is 9.69 Å². The Bertz CT molecular complexity index is 1460. The third-order valence-corrected chi connectivity index (χ3v) is 5.87. The maximum Gasteiger partial charge on any atom is 0.337 e. The molecule has 186 valence electrons. The molecule has 2 N–H and O–H groups in total. The Morgan fingerprint density at radius 3 is 2.08 bits per heavy atom. The van der Waals surface area contributed by atoms with Crippen LogP contribution in [0.4, 0.5) is 17.1 Å². The third kappa shape index (κ3) is 5.26. The van der Waals surface area contributed by atoms with Crippen LogP contribution >= 0.6 is 11.6 Å². The quantitative estimate of drug-likeness (QED) is 0.271. The van der Waals surface area contributed by atoms with Gasteiger partial charge < -0.3 is 15.4 Å². The third-order valence-electron chi connectivity index (χ3n) is 5.52. The Hall–Kier alpha value is -4.76. The Morgan fingerprint density at radius 1 is 0.811 bits per heavy atom. The zero-order valence-corrected chi connectivity index (χ0v) is 20.5. The molecular weight excluding hydrogens is 498 g/mol. The molecule has 0 saturated heterocycles. The molecule has 3 aromatic carbocycles. The molecular formula is C27H20ClN3O6. The van der Waals surface area contributed by atoms with Crippen molar-refractivity contribution in [3.63, 3.8) is 0 Å². The number of ketones is 1. The predicted molar refractivity (Wildman–Crippen MR) is 138 cm³/mol. The zero-order chi connectivity index (χ0) is 26.7. The van der Waals surface area contributed by atoms with E-state index in [0.29, 0.717) is 22.5 Å². The number of Topliss-reactive ketones (excluding diaryl/α,β-unsaturated/α-hetero) is 1. The minimum atomic E-state index is -0.719. The molecule has 1 aliphatic heterocycles. The smallest absolute Gasteiger partial charge is 0.337 e. The first-order valence-electron chi connectivity index (χ1n) is 11.0. The number of imide groups is 1. The number of nitrogens with zero attached hydrogens (tertiary/aromatic N) is 1. The van der Waals surface area contributed by atoms with Crippen molar-refractivity contribution in [3.05, 3.63) is 100 Å². The number of nitrogens with one attached hydrogen (secondary N) is 2. The molecule has 0 unspecified atom stereocenters. The van der Waals surface area contributed by atoms with E-state index in [4.69, 9.17) is 11.6 Å². The monoisotopic (exact) mass is 517 g/mol. The van der Waals surface area contributed by atoms with E-state index in [0.717, 1.165) is 4.90 Å². The molecule has 1 aliphatic rings. The van der Waals surface area contributed by atoms with Crippen molar-refractivity contribution >= 4 is 58.1 Å². The Labute approximate surface area is 216 Å². The average molecular weight is 518 g/mol. The lowest BCUT2D eigenvalue weighted by Gasteiger charge is -2.15. The molecule has 0 atom stereocenters. The summed E-state index contributed by atoms with van der Waals surface area (Å²) in [5.41, 5.74) is 2.09. The van der Waals surface area contributed by atoms with Crippen molar-refractivity contribution in [2.24, 2.45) is 0 Å². The SMILES string of the molecule is COC(=O)c1ccc(N2C(=O)C(Cl)=C(Nc3ccc(C(=O)Nc4cccc(C(C)=O)c4)cc3)C2=O)cc1. The largest absolute Gasteiger partial charge is 0.465 e. The van der Waals surface area contributed by atoms with Gasteiger partial charge in [-0.3, -0.25) is 19.2 Å². The normalized spacial score (nSPS) is 13.0. The standard InChI is InChI=1S/C27H20ClN3O6/c1-15(32)18-4-3-5-20(14-18)30-24(33)16-6-10-19(11-7-16)29-23-22(28)25(34)31(26(23)35)21-12-8-17(9-13-21)27(36)37-2/h3-14,29H,1-2H3,(H,30,33). The summed E-state index contributed by atoms with van der Waals surface area (Å²) in [7, 11) is 1.25. The fourth-order valence-electron chi connectivity index (χ4n) is 3.58. The minimum Gasteiger partial charge on any atom is -0.465 e. The van der Waals surface area contributed by atoms with E-state index in [1.165, 1.54) is 50.4 Å². The van der Waals surface area contributed by atoms with Gasteiger partial charge in [0.15, 0.2) is 5.78 Å². The van der Waals surface area contributed by atoms with Crippen molar-refractivity contribution in [1.29, 1.82) is 0 Å². The van der Waals surface area contributed by atoms with Gasteiger partial charge >= 0.3 is 5.97 Å². The van der Waals surface area contributed by atoms with E-state index >= 15 is 0 Å². The van der Waals surface area contributed by atoms with Crippen LogP contribution in [0.3, 0.4) is 0 Å². The number of anilines is 3. The molecule has 10 heteroatoms. The summed E-state index contributed by atoms with van der Waals surface area (Å²) in [5.74, 6) is -2.45. The van der Waals surface area contributed by atoms with Gasteiger partial charge in [0.25, 0.3) is 17.7 Å². The number of benzene rings is 3. The van der Waals surface area contributed by atoms with E-state index in [1.54, 1.807) is 36.4 Å². The molecule has 37 heavy (non-hydrogen) atoms. The van der Waals surface area contributed by atoms with Crippen molar-refractivity contribution < 1.29 is 28.7 Å². The molecule has 4 rings (SSSR count). The van der Waals surface area contributed by atoms with Gasteiger partial charge in [-0.15, -0.1) is 0 Å². The van der Waals surface area contributed by atoms with E-state index in [1.807, 2.05) is 0 Å². The second-order valence-corrected chi connectivity index (χ2v) is 8.34. The van der Waals surface area contributed by atoms with Crippen molar-refractivity contribution in [3.8, 4) is 0 Å². The summed E-state index contributed by atoms with van der Waals surface area (Å²) < 4.78 is 4.65. The summed E-state index contributed by atoms with van der Waals surface area (Å²) >= 11 is 6.17. The molecule has 3 amide bonds. The minimum absolute atomic E-state index is 0.115. The molecule has 0 aromatic heterocycles. The van der Waals surface area contributed by atoms with Crippen LogP contribution in [0.15, 0.2) is 83.5 Å². The van der Waals surface area contributed by atoms with Crippen LogP contribution in [0.1, 0.15) is 38.0 Å². The van der Waals surface area contributed by atoms with E-state index in [-0.39, 0.29) is 27.8 Å². The number of esters is 1. The number of carbonyl (C=O) groups is 5. The molecule has 0 aliphatic carbocycles. The number of amides is 3. The number of carbonyl (C=O) groups excluding carboxylic acids is 5. The van der Waals surface area contributed by atoms with Gasteiger partial charge in [0.05, 0.1) is 18.4 Å². The molecule has 0 bridgehead atoms. The first-order chi connectivity index (χ1) is 17.7. The van der Waals surface area contributed by atoms with Gasteiger partial charge in [-0.1, -0.05) is 23.7 Å². The van der Waals surface area contributed by atoms with Gasteiger partial charge in [0, 0.05) is 22.5 Å². The summed E-state index contributed by atoms with van der Waals surface area (Å²) in [5, 5.41) is 5.27. The highest BCUT2D eigenvalue weighted by Crippen LogP contribution is 2.30. The lowest BCUT2D eigenvalue weighted by atomic mass is 10.1. The van der Waals surface area contributed by atoms with E-state index < -0.39 is 23.7 Å². The molecule has 3 aromatic rings. The predicted octanol–water partition coefficient (Wildman–Crippen LogP) is 4.36. The lowest BCUT2D eigenvalue weighted by Crippen LogP contribution is -2.32. The second-order valence-electron chi connectivity index (χ2n) is 7.97. The maximum atomic E-state index is 13.0. The molecule has 0 spiro atoms. The van der Waals surface area contributed by atoms with Crippen LogP contribution in [-0.4, -0.2) is 36.6 Å². The highest BCUT2D eigenvalue weighted by Gasteiger charge is 2.39. The Kier molecular flexibility index (Phi) is 7.17. The van der Waals surface area contributed by atoms with Crippen LogP contribution in [0, 0.1) is 0 Å². The Morgan fingerprint density at radius 2 is 1.46 bits per heavy atom. The van der Waals surface area contributed by atoms with Gasteiger partial charge in [-0.05, 0) is 67.6 Å². The second kappa shape index (κ2) is 10.5. The number of methoxy groups -OCH3 is 1. The maximum absolute atomic E-state index is 13.0. The summed E-state index contributed by atoms with van der Waals surface area (Å²) in [4.78, 5) is 62.3. The topological polar surface area (TPSA) is 122 Å². The van der Waals surface area contributed by atoms with Crippen LogP contribution in [-0.2, 0) is 14.3 Å². The van der Waals surface area contributed by atoms with Crippen molar-refractivity contribution in [2.45, 2.75) is 6.92 Å². The number of hydrogen-bond donors (Lipinski definition) is 2. The molecule has 0 radical (unpaired) electrons. The van der Waals surface area contributed by atoms with Gasteiger partial charge in [0.1, 0.15) is 10.7 Å². The molecule has 1 heterocycles. The lowest BCUT2D eigenvalue weighted by molar-refractivity contribution is -0.120. The van der Waals surface area contributed by atoms with Crippen molar-refractivity contribution in [2.75, 3.05) is 22.6 Å². The molecule has 9 nitrogen and oxygen atoms in total.